The first-order valence-electron chi connectivity index (χ1n) is 4.80. The second-order valence-electron chi connectivity index (χ2n) is 3.26. The molecule has 1 rings (SSSR count). The summed E-state index contributed by atoms with van der Waals surface area (Å²) in [4.78, 5) is 26.1. The Hall–Kier alpha value is -1.37. The molecule has 0 aliphatic carbocycles. The van der Waals surface area contributed by atoms with Gasteiger partial charge in [-0.05, 0) is 6.07 Å². The minimum absolute atomic E-state index is 0.117. The fraction of sp³-hybridized carbons (Fsp3) is 0.300. The lowest BCUT2D eigenvalue weighted by Gasteiger charge is -2.12. The predicted octanol–water partition coefficient (Wildman–Crippen LogP) is 1.22. The zero-order valence-electron chi connectivity index (χ0n) is 9.31. The molecule has 0 saturated heterocycles. The Morgan fingerprint density at radius 2 is 2.22 bits per heavy atom. The number of nitrogens with zero attached hydrogens (tertiary/aromatic N) is 1. The fourth-order valence-electron chi connectivity index (χ4n) is 1.14. The van der Waals surface area contributed by atoms with E-state index in [-0.39, 0.29) is 22.3 Å². The number of aromatic nitrogens is 1. The number of carboxylic acids is 1. The summed E-state index contributed by atoms with van der Waals surface area (Å²) in [6.07, 6.45) is 0.120. The molecular weight excluding hydrogens is 283 g/mol. The maximum Gasteiger partial charge on any atom is 0.334 e. The second kappa shape index (κ2) is 6.53. The summed E-state index contributed by atoms with van der Waals surface area (Å²) in [5, 5.41) is 11.3. The van der Waals surface area contributed by atoms with E-state index in [1.54, 1.807) is 0 Å². The van der Waals surface area contributed by atoms with Gasteiger partial charge in [-0.25, -0.2) is 9.78 Å². The van der Waals surface area contributed by atoms with Gasteiger partial charge in [0.1, 0.15) is 5.15 Å². The molecule has 0 saturated carbocycles. The van der Waals surface area contributed by atoms with Crippen molar-refractivity contribution in [2.24, 2.45) is 0 Å². The van der Waals surface area contributed by atoms with E-state index < -0.39 is 18.0 Å². The number of methoxy groups -OCH3 is 1. The molecule has 1 heterocycles. The number of pyridine rings is 1. The summed E-state index contributed by atoms with van der Waals surface area (Å²) >= 11 is 11.4. The first kappa shape index (κ1) is 14.7. The van der Waals surface area contributed by atoms with Gasteiger partial charge in [0.15, 0.2) is 6.10 Å². The van der Waals surface area contributed by atoms with E-state index in [1.807, 2.05) is 0 Å². The molecule has 18 heavy (non-hydrogen) atoms. The summed E-state index contributed by atoms with van der Waals surface area (Å²) in [6, 6.07) is 1.29. The van der Waals surface area contributed by atoms with Gasteiger partial charge in [-0.15, -0.1) is 0 Å². The third-order valence-corrected chi connectivity index (χ3v) is 2.58. The molecule has 0 bridgehead atoms. The minimum atomic E-state index is -1.17. The number of ether oxygens (including phenoxy) is 1. The van der Waals surface area contributed by atoms with Crippen molar-refractivity contribution in [2.45, 2.75) is 6.10 Å². The molecule has 1 aromatic heterocycles. The topological polar surface area (TPSA) is 88.5 Å². The van der Waals surface area contributed by atoms with Gasteiger partial charge in [-0.1, -0.05) is 23.2 Å². The van der Waals surface area contributed by atoms with Gasteiger partial charge >= 0.3 is 5.97 Å². The molecule has 0 spiro atoms. The Morgan fingerprint density at radius 3 is 2.78 bits per heavy atom. The molecule has 1 amide bonds. The Labute approximate surface area is 113 Å². The second-order valence-corrected chi connectivity index (χ2v) is 4.05. The quantitative estimate of drug-likeness (QED) is 0.797. The Balaban J connectivity index is 2.71. The Morgan fingerprint density at radius 1 is 1.56 bits per heavy atom. The van der Waals surface area contributed by atoms with E-state index in [0.717, 1.165) is 0 Å². The van der Waals surface area contributed by atoms with E-state index in [2.05, 4.69) is 15.0 Å². The summed E-state index contributed by atoms with van der Waals surface area (Å²) in [7, 11) is 1.24. The average molecular weight is 293 g/mol. The van der Waals surface area contributed by atoms with Gasteiger partial charge in [-0.2, -0.15) is 0 Å². The van der Waals surface area contributed by atoms with Crippen LogP contribution in [0.5, 0.6) is 0 Å². The highest BCUT2D eigenvalue weighted by atomic mass is 35.5. The SMILES string of the molecule is COC(CNC(=O)c1cc(Cl)ncc1Cl)C(=O)O. The van der Waals surface area contributed by atoms with Crippen LogP contribution in [0, 0.1) is 0 Å². The zero-order chi connectivity index (χ0) is 13.7. The molecule has 0 radical (unpaired) electrons. The number of halogens is 2. The van der Waals surface area contributed by atoms with E-state index in [4.69, 9.17) is 28.3 Å². The van der Waals surface area contributed by atoms with Crippen molar-refractivity contribution >= 4 is 35.1 Å². The lowest BCUT2D eigenvalue weighted by atomic mass is 10.2. The van der Waals surface area contributed by atoms with Crippen molar-refractivity contribution in [3.8, 4) is 0 Å². The number of hydrogen-bond acceptors (Lipinski definition) is 4. The molecule has 1 unspecified atom stereocenters. The van der Waals surface area contributed by atoms with Crippen LogP contribution >= 0.6 is 23.2 Å². The van der Waals surface area contributed by atoms with Crippen LogP contribution in [0.25, 0.3) is 0 Å². The van der Waals surface area contributed by atoms with Gasteiger partial charge in [0.25, 0.3) is 5.91 Å². The smallest absolute Gasteiger partial charge is 0.334 e. The lowest BCUT2D eigenvalue weighted by Crippen LogP contribution is -2.37. The maximum absolute atomic E-state index is 11.7. The molecule has 0 aliphatic rings. The van der Waals surface area contributed by atoms with Crippen LogP contribution in [0.4, 0.5) is 0 Å². The van der Waals surface area contributed by atoms with E-state index in [9.17, 15) is 9.59 Å². The summed E-state index contributed by atoms with van der Waals surface area (Å²) < 4.78 is 4.67. The molecule has 1 aromatic rings. The number of aliphatic carboxylic acids is 1. The third kappa shape index (κ3) is 3.83. The fourth-order valence-corrected chi connectivity index (χ4v) is 1.49. The molecule has 0 fully saturated rings. The van der Waals surface area contributed by atoms with Gasteiger partial charge in [0.05, 0.1) is 17.1 Å². The minimum Gasteiger partial charge on any atom is -0.479 e. The van der Waals surface area contributed by atoms with Crippen molar-refractivity contribution in [3.05, 3.63) is 28.0 Å². The number of amides is 1. The average Bonchev–Trinajstić information content (AvgIpc) is 2.32. The Bertz CT molecular complexity index is 467. The van der Waals surface area contributed by atoms with Crippen LogP contribution in [0.15, 0.2) is 12.3 Å². The highest BCUT2D eigenvalue weighted by Gasteiger charge is 2.19. The standard InChI is InChI=1S/C10H10Cl2N2O4/c1-18-7(10(16)17)4-14-9(15)5-2-8(12)13-3-6(5)11/h2-3,7H,4H2,1H3,(H,14,15)(H,16,17). The van der Waals surface area contributed by atoms with Crippen molar-refractivity contribution in [3.63, 3.8) is 0 Å². The van der Waals surface area contributed by atoms with Crippen LogP contribution < -0.4 is 5.32 Å². The molecule has 6 nitrogen and oxygen atoms in total. The van der Waals surface area contributed by atoms with Crippen molar-refractivity contribution in [1.29, 1.82) is 0 Å². The highest BCUT2D eigenvalue weighted by Crippen LogP contribution is 2.17. The van der Waals surface area contributed by atoms with Crippen LogP contribution in [-0.4, -0.2) is 41.7 Å². The number of rotatable bonds is 5. The van der Waals surface area contributed by atoms with Crippen LogP contribution in [0.1, 0.15) is 10.4 Å². The number of carboxylic acid groups (broad SMARTS) is 1. The van der Waals surface area contributed by atoms with Crippen LogP contribution in [0.2, 0.25) is 10.2 Å². The Kier molecular flexibility index (Phi) is 5.33. The number of nitrogens with one attached hydrogen (secondary N) is 1. The largest absolute Gasteiger partial charge is 0.479 e. The first-order valence-corrected chi connectivity index (χ1v) is 5.56. The lowest BCUT2D eigenvalue weighted by molar-refractivity contribution is -0.148. The van der Waals surface area contributed by atoms with Crippen LogP contribution in [0.3, 0.4) is 0 Å². The molecular formula is C10H10Cl2N2O4. The predicted molar refractivity (Wildman–Crippen MR) is 65.0 cm³/mol. The molecule has 8 heteroatoms. The molecule has 2 N–H and O–H groups in total. The molecule has 0 aliphatic heterocycles. The molecule has 0 aromatic carbocycles. The number of carbonyl (C=O) groups excluding carboxylic acids is 1. The monoisotopic (exact) mass is 292 g/mol. The van der Waals surface area contributed by atoms with E-state index in [1.165, 1.54) is 19.4 Å². The van der Waals surface area contributed by atoms with Gasteiger partial charge in [-0.3, -0.25) is 4.79 Å². The van der Waals surface area contributed by atoms with Gasteiger partial charge < -0.3 is 15.2 Å². The highest BCUT2D eigenvalue weighted by molar-refractivity contribution is 6.35. The van der Waals surface area contributed by atoms with Crippen LogP contribution in [-0.2, 0) is 9.53 Å². The molecule has 98 valence electrons. The van der Waals surface area contributed by atoms with Crippen molar-refractivity contribution in [2.75, 3.05) is 13.7 Å². The van der Waals surface area contributed by atoms with Crippen molar-refractivity contribution in [1.82, 2.24) is 10.3 Å². The van der Waals surface area contributed by atoms with E-state index >= 15 is 0 Å². The third-order valence-electron chi connectivity index (χ3n) is 2.07. The summed E-state index contributed by atoms with van der Waals surface area (Å²) in [6.45, 7) is -0.180. The first-order chi connectivity index (χ1) is 8.45. The van der Waals surface area contributed by atoms with Gasteiger partial charge in [0, 0.05) is 13.3 Å². The maximum atomic E-state index is 11.7. The van der Waals surface area contributed by atoms with Crippen molar-refractivity contribution < 1.29 is 19.4 Å². The molecule has 1 atom stereocenters. The normalized spacial score (nSPS) is 11.9. The van der Waals surface area contributed by atoms with E-state index in [0.29, 0.717) is 0 Å². The summed E-state index contributed by atoms with van der Waals surface area (Å²) in [5.41, 5.74) is 0.122. The number of hydrogen-bond donors (Lipinski definition) is 2. The van der Waals surface area contributed by atoms with Gasteiger partial charge in [0.2, 0.25) is 0 Å². The zero-order valence-corrected chi connectivity index (χ0v) is 10.8. The summed E-state index contributed by atoms with van der Waals surface area (Å²) in [5.74, 6) is -1.72. The number of carbonyl (C=O) groups is 2.